The molecule has 2 aromatic carbocycles. The molecule has 0 unspecified atom stereocenters. The van der Waals surface area contributed by atoms with Gasteiger partial charge in [0.05, 0.1) is 11.7 Å². The zero-order chi connectivity index (χ0) is 20.5. The maximum atomic E-state index is 12.6. The van der Waals surface area contributed by atoms with Crippen LogP contribution in [0, 0.1) is 6.92 Å². The Morgan fingerprint density at radius 3 is 2.69 bits per heavy atom. The Kier molecular flexibility index (Phi) is 4.88. The zero-order valence-electron chi connectivity index (χ0n) is 16.3. The van der Waals surface area contributed by atoms with Gasteiger partial charge in [-0.3, -0.25) is 0 Å². The summed E-state index contributed by atoms with van der Waals surface area (Å²) in [7, 11) is 0. The molecule has 29 heavy (non-hydrogen) atoms. The third-order valence-electron chi connectivity index (χ3n) is 4.52. The van der Waals surface area contributed by atoms with Gasteiger partial charge >= 0.3 is 11.6 Å². The molecule has 7 nitrogen and oxygen atoms in total. The highest BCUT2D eigenvalue weighted by Crippen LogP contribution is 2.37. The van der Waals surface area contributed by atoms with Crippen molar-refractivity contribution in [1.29, 1.82) is 0 Å². The Bertz CT molecular complexity index is 1140. The smallest absolute Gasteiger partial charge is 0.344 e. The van der Waals surface area contributed by atoms with E-state index in [1.54, 1.807) is 50.2 Å². The zero-order valence-corrected chi connectivity index (χ0v) is 16.3. The number of carbonyl (C=O) groups is 1. The highest BCUT2D eigenvalue weighted by Gasteiger charge is 2.19. The van der Waals surface area contributed by atoms with Gasteiger partial charge in [-0.15, -0.1) is 0 Å². The van der Waals surface area contributed by atoms with Crippen LogP contribution in [0.5, 0.6) is 17.2 Å². The van der Waals surface area contributed by atoms with Crippen LogP contribution in [0.15, 0.2) is 45.6 Å². The molecule has 0 N–H and O–H groups in total. The Morgan fingerprint density at radius 2 is 1.90 bits per heavy atom. The van der Waals surface area contributed by atoms with Gasteiger partial charge in [0.1, 0.15) is 11.3 Å². The number of benzene rings is 2. The van der Waals surface area contributed by atoms with Gasteiger partial charge in [0.15, 0.2) is 18.1 Å². The summed E-state index contributed by atoms with van der Waals surface area (Å²) in [5.41, 5.74) is 1.85. The number of esters is 1. The van der Waals surface area contributed by atoms with Crippen molar-refractivity contribution in [3.8, 4) is 28.4 Å². The molecule has 0 saturated heterocycles. The molecule has 1 aromatic heterocycles. The Labute approximate surface area is 166 Å². The average Bonchev–Trinajstić information content (AvgIpc) is 3.14. The molecular weight excluding hydrogens is 376 g/mol. The van der Waals surface area contributed by atoms with Gasteiger partial charge in [-0.05, 0) is 62.2 Å². The SMILES string of the molecule is Cc1c(-c2ccc3c(c2)OCO3)c(=O)oc2ccc(OCC(=O)OC(C)C)cc12. The van der Waals surface area contributed by atoms with Gasteiger partial charge < -0.3 is 23.4 Å². The van der Waals surface area contributed by atoms with Crippen molar-refractivity contribution in [2.45, 2.75) is 26.9 Å². The third kappa shape index (κ3) is 3.76. The van der Waals surface area contributed by atoms with Crippen molar-refractivity contribution >= 4 is 16.9 Å². The van der Waals surface area contributed by atoms with Gasteiger partial charge in [-0.1, -0.05) is 6.07 Å². The van der Waals surface area contributed by atoms with Gasteiger partial charge in [0.2, 0.25) is 6.79 Å². The van der Waals surface area contributed by atoms with Crippen molar-refractivity contribution in [1.82, 2.24) is 0 Å². The van der Waals surface area contributed by atoms with Crippen LogP contribution in [-0.4, -0.2) is 25.5 Å². The molecule has 0 fully saturated rings. The van der Waals surface area contributed by atoms with E-state index >= 15 is 0 Å². The van der Waals surface area contributed by atoms with E-state index in [4.69, 9.17) is 23.4 Å². The molecule has 0 atom stereocenters. The van der Waals surface area contributed by atoms with E-state index in [0.717, 1.165) is 5.56 Å². The minimum absolute atomic E-state index is 0.157. The molecule has 4 rings (SSSR count). The van der Waals surface area contributed by atoms with Crippen LogP contribution in [-0.2, 0) is 9.53 Å². The van der Waals surface area contributed by atoms with Crippen molar-refractivity contribution < 1.29 is 28.2 Å². The first-order valence-electron chi connectivity index (χ1n) is 9.22. The molecule has 0 saturated carbocycles. The number of fused-ring (bicyclic) bond motifs is 2. The third-order valence-corrected chi connectivity index (χ3v) is 4.52. The second-order valence-corrected chi connectivity index (χ2v) is 6.94. The van der Waals surface area contributed by atoms with Crippen molar-refractivity contribution in [3.05, 3.63) is 52.4 Å². The first-order valence-corrected chi connectivity index (χ1v) is 9.22. The summed E-state index contributed by atoms with van der Waals surface area (Å²) >= 11 is 0. The first-order chi connectivity index (χ1) is 13.9. The van der Waals surface area contributed by atoms with Gasteiger partial charge in [-0.25, -0.2) is 9.59 Å². The predicted molar refractivity (Wildman–Crippen MR) is 106 cm³/mol. The van der Waals surface area contributed by atoms with Crippen LogP contribution >= 0.6 is 0 Å². The molecule has 7 heteroatoms. The number of ether oxygens (including phenoxy) is 4. The lowest BCUT2D eigenvalue weighted by molar-refractivity contribution is -0.149. The lowest BCUT2D eigenvalue weighted by Crippen LogP contribution is -2.18. The molecule has 2 heterocycles. The van der Waals surface area contributed by atoms with Crippen LogP contribution in [0.3, 0.4) is 0 Å². The number of hydrogen-bond donors (Lipinski definition) is 0. The van der Waals surface area contributed by atoms with Crippen LogP contribution in [0.4, 0.5) is 0 Å². The fourth-order valence-corrected chi connectivity index (χ4v) is 3.25. The van der Waals surface area contributed by atoms with Crippen LogP contribution in [0.2, 0.25) is 0 Å². The molecule has 0 spiro atoms. The summed E-state index contributed by atoms with van der Waals surface area (Å²) < 4.78 is 26.8. The summed E-state index contributed by atoms with van der Waals surface area (Å²) in [4.78, 5) is 24.3. The molecule has 1 aliphatic heterocycles. The van der Waals surface area contributed by atoms with Crippen LogP contribution in [0.25, 0.3) is 22.1 Å². The fraction of sp³-hybridized carbons (Fsp3) is 0.273. The van der Waals surface area contributed by atoms with Crippen molar-refractivity contribution in [2.75, 3.05) is 13.4 Å². The lowest BCUT2D eigenvalue weighted by Gasteiger charge is -2.11. The Morgan fingerprint density at radius 1 is 1.10 bits per heavy atom. The summed E-state index contributed by atoms with van der Waals surface area (Å²) in [6.45, 7) is 5.35. The largest absolute Gasteiger partial charge is 0.482 e. The topological polar surface area (TPSA) is 84.2 Å². The monoisotopic (exact) mass is 396 g/mol. The normalized spacial score (nSPS) is 12.4. The average molecular weight is 396 g/mol. The number of hydrogen-bond acceptors (Lipinski definition) is 7. The van der Waals surface area contributed by atoms with Crippen molar-refractivity contribution in [3.63, 3.8) is 0 Å². The molecule has 0 radical (unpaired) electrons. The molecule has 3 aromatic rings. The highest BCUT2D eigenvalue weighted by atomic mass is 16.7. The standard InChI is InChI=1S/C22H20O7/c1-12(2)28-20(23)10-25-15-5-7-17-16(9-15)13(3)21(22(24)29-17)14-4-6-18-19(8-14)27-11-26-18/h4-9,12H,10-11H2,1-3H3. The molecule has 1 aliphatic rings. The number of aryl methyl sites for hydroxylation is 1. The van der Waals surface area contributed by atoms with Crippen LogP contribution < -0.4 is 19.8 Å². The molecule has 150 valence electrons. The summed E-state index contributed by atoms with van der Waals surface area (Å²) in [6.07, 6.45) is -0.205. The molecule has 0 amide bonds. The summed E-state index contributed by atoms with van der Waals surface area (Å²) in [5, 5.41) is 0.715. The quantitative estimate of drug-likeness (QED) is 0.479. The first kappa shape index (κ1) is 18.9. The minimum Gasteiger partial charge on any atom is -0.482 e. The van der Waals surface area contributed by atoms with E-state index in [1.807, 2.05) is 6.92 Å². The van der Waals surface area contributed by atoms with Gasteiger partial charge in [-0.2, -0.15) is 0 Å². The van der Waals surface area contributed by atoms with Gasteiger partial charge in [0, 0.05) is 5.39 Å². The lowest BCUT2D eigenvalue weighted by atomic mass is 9.99. The maximum Gasteiger partial charge on any atom is 0.344 e. The van der Waals surface area contributed by atoms with E-state index in [2.05, 4.69) is 0 Å². The number of rotatable bonds is 5. The van der Waals surface area contributed by atoms with E-state index in [-0.39, 0.29) is 19.5 Å². The van der Waals surface area contributed by atoms with E-state index in [0.29, 0.717) is 39.3 Å². The van der Waals surface area contributed by atoms with E-state index < -0.39 is 11.6 Å². The van der Waals surface area contributed by atoms with Crippen LogP contribution in [0.1, 0.15) is 19.4 Å². The highest BCUT2D eigenvalue weighted by molar-refractivity contribution is 5.88. The van der Waals surface area contributed by atoms with E-state index in [9.17, 15) is 9.59 Å². The minimum atomic E-state index is -0.447. The predicted octanol–water partition coefficient (Wildman–Crippen LogP) is 3.83. The Balaban J connectivity index is 1.69. The second kappa shape index (κ2) is 7.50. The molecule has 0 bridgehead atoms. The fourth-order valence-electron chi connectivity index (χ4n) is 3.25. The molecular formula is C22H20O7. The second-order valence-electron chi connectivity index (χ2n) is 6.94. The Hall–Kier alpha value is -3.48. The summed E-state index contributed by atoms with van der Waals surface area (Å²) in [6, 6.07) is 10.4. The summed E-state index contributed by atoms with van der Waals surface area (Å²) in [5.74, 6) is 1.26. The molecule has 0 aliphatic carbocycles. The maximum absolute atomic E-state index is 12.6. The van der Waals surface area contributed by atoms with E-state index in [1.165, 1.54) is 0 Å². The van der Waals surface area contributed by atoms with Crippen molar-refractivity contribution in [2.24, 2.45) is 0 Å². The van der Waals surface area contributed by atoms with Gasteiger partial charge in [0.25, 0.3) is 0 Å². The number of carbonyl (C=O) groups excluding carboxylic acids is 1.